The Morgan fingerprint density at radius 3 is 3.12 bits per heavy atom. The largest absolute Gasteiger partial charge is 0.424 e. The molecule has 2 saturated heterocycles. The summed E-state index contributed by atoms with van der Waals surface area (Å²) in [5.74, 6) is 2.29. The first kappa shape index (κ1) is 14.6. The zero-order valence-corrected chi connectivity index (χ0v) is 14.1. The minimum absolute atomic E-state index is 0.174. The number of aromatic nitrogens is 2. The molecule has 1 aliphatic carbocycles. The van der Waals surface area contributed by atoms with Gasteiger partial charge in [0.05, 0.1) is 25.0 Å². The third-order valence-corrected chi connectivity index (χ3v) is 6.30. The molecule has 0 aromatic carbocycles. The number of fused-ring (bicyclic) bond motifs is 1. The molecule has 5 rings (SSSR count). The van der Waals surface area contributed by atoms with Crippen LogP contribution in [0.3, 0.4) is 0 Å². The van der Waals surface area contributed by atoms with Gasteiger partial charge < -0.3 is 14.1 Å². The van der Waals surface area contributed by atoms with Crippen LogP contribution in [0.15, 0.2) is 21.9 Å². The van der Waals surface area contributed by atoms with E-state index in [-0.39, 0.29) is 17.2 Å². The maximum atomic E-state index is 12.7. The van der Waals surface area contributed by atoms with Gasteiger partial charge in [-0.05, 0) is 24.3 Å². The Kier molecular flexibility index (Phi) is 3.28. The predicted octanol–water partition coefficient (Wildman–Crippen LogP) is 1.98. The maximum Gasteiger partial charge on any atom is 0.227 e. The van der Waals surface area contributed by atoms with Gasteiger partial charge in [0, 0.05) is 29.8 Å². The number of carbonyl (C=O) groups excluding carboxylic acids is 1. The van der Waals surface area contributed by atoms with Crippen molar-refractivity contribution in [1.29, 1.82) is 0 Å². The summed E-state index contributed by atoms with van der Waals surface area (Å²) in [5, 5.41) is 10.6. The van der Waals surface area contributed by atoms with E-state index in [1.165, 1.54) is 0 Å². The first-order valence-corrected chi connectivity index (χ1v) is 9.34. The topological polar surface area (TPSA) is 68.5 Å². The number of hydrogen-bond donors (Lipinski definition) is 0. The molecule has 0 bridgehead atoms. The zero-order valence-electron chi connectivity index (χ0n) is 13.3. The van der Waals surface area contributed by atoms with Crippen LogP contribution in [0.2, 0.25) is 0 Å². The molecule has 1 amide bonds. The van der Waals surface area contributed by atoms with Gasteiger partial charge in [-0.1, -0.05) is 6.07 Å². The second-order valence-electron chi connectivity index (χ2n) is 7.12. The summed E-state index contributed by atoms with van der Waals surface area (Å²) in [7, 11) is 0. The van der Waals surface area contributed by atoms with E-state index in [1.807, 2.05) is 22.4 Å². The number of rotatable bonds is 4. The number of nitrogens with zero attached hydrogens (tertiary/aromatic N) is 3. The predicted molar refractivity (Wildman–Crippen MR) is 86.9 cm³/mol. The lowest BCUT2D eigenvalue weighted by Crippen LogP contribution is -2.38. The number of likely N-dealkylation sites (tertiary alicyclic amines) is 1. The Hall–Kier alpha value is -1.73. The Morgan fingerprint density at radius 1 is 1.42 bits per heavy atom. The van der Waals surface area contributed by atoms with Gasteiger partial charge in [-0.25, -0.2) is 0 Å². The normalized spacial score (nSPS) is 29.2. The number of carbonyl (C=O) groups is 1. The summed E-state index contributed by atoms with van der Waals surface area (Å²) in [6.07, 6.45) is 2.75. The SMILES string of the molecule is O=C(Cc1cccs1)N1C[C@@H]2COC[C@]2(c2nnc(C3CC3)o2)C1. The number of amides is 1. The van der Waals surface area contributed by atoms with E-state index >= 15 is 0 Å². The molecule has 0 N–H and O–H groups in total. The van der Waals surface area contributed by atoms with Crippen molar-refractivity contribution >= 4 is 17.2 Å². The molecule has 2 aliphatic heterocycles. The fourth-order valence-corrected chi connectivity index (χ4v) is 4.53. The molecule has 0 spiro atoms. The molecule has 0 radical (unpaired) electrons. The standard InChI is InChI=1S/C17H19N3O3S/c21-14(6-13-2-1-5-24-13)20-7-12-8-22-10-17(12,9-20)16-19-18-15(23-16)11-3-4-11/h1-2,5,11-12H,3-4,6-10H2/t12-,17-/m1/s1. The van der Waals surface area contributed by atoms with Crippen LogP contribution in [-0.2, 0) is 21.4 Å². The van der Waals surface area contributed by atoms with Crippen LogP contribution in [0, 0.1) is 5.92 Å². The molecule has 4 heterocycles. The highest BCUT2D eigenvalue weighted by atomic mass is 32.1. The highest BCUT2D eigenvalue weighted by Crippen LogP contribution is 2.45. The van der Waals surface area contributed by atoms with E-state index in [0.717, 1.165) is 23.6 Å². The molecule has 2 atom stereocenters. The van der Waals surface area contributed by atoms with Gasteiger partial charge in [-0.2, -0.15) is 0 Å². The molecule has 126 valence electrons. The molecular formula is C17H19N3O3S. The third-order valence-electron chi connectivity index (χ3n) is 5.43. The highest BCUT2D eigenvalue weighted by molar-refractivity contribution is 7.10. The van der Waals surface area contributed by atoms with Gasteiger partial charge in [-0.3, -0.25) is 4.79 Å². The molecule has 1 saturated carbocycles. The van der Waals surface area contributed by atoms with Crippen LogP contribution in [0.25, 0.3) is 0 Å². The third kappa shape index (κ3) is 2.29. The fraction of sp³-hybridized carbons (Fsp3) is 0.588. The first-order chi connectivity index (χ1) is 11.7. The van der Waals surface area contributed by atoms with Crippen LogP contribution in [-0.4, -0.2) is 47.3 Å². The smallest absolute Gasteiger partial charge is 0.227 e. The van der Waals surface area contributed by atoms with Crippen molar-refractivity contribution in [3.05, 3.63) is 34.2 Å². The monoisotopic (exact) mass is 345 g/mol. The molecule has 3 fully saturated rings. The van der Waals surface area contributed by atoms with E-state index in [2.05, 4.69) is 10.2 Å². The average molecular weight is 345 g/mol. The molecular weight excluding hydrogens is 326 g/mol. The van der Waals surface area contributed by atoms with Gasteiger partial charge >= 0.3 is 0 Å². The summed E-state index contributed by atoms with van der Waals surface area (Å²) in [6, 6.07) is 4.00. The zero-order chi connectivity index (χ0) is 16.1. The van der Waals surface area contributed by atoms with E-state index in [0.29, 0.717) is 44.5 Å². The van der Waals surface area contributed by atoms with E-state index in [1.54, 1.807) is 11.3 Å². The van der Waals surface area contributed by atoms with Gasteiger partial charge in [0.15, 0.2) is 0 Å². The Morgan fingerprint density at radius 2 is 2.33 bits per heavy atom. The van der Waals surface area contributed by atoms with Crippen molar-refractivity contribution in [1.82, 2.24) is 15.1 Å². The first-order valence-electron chi connectivity index (χ1n) is 8.46. The van der Waals surface area contributed by atoms with E-state index in [4.69, 9.17) is 9.15 Å². The summed E-state index contributed by atoms with van der Waals surface area (Å²) < 4.78 is 11.7. The Balaban J connectivity index is 1.37. The summed E-state index contributed by atoms with van der Waals surface area (Å²) in [6.45, 7) is 2.55. The lowest BCUT2D eigenvalue weighted by molar-refractivity contribution is -0.130. The molecule has 0 unspecified atom stereocenters. The van der Waals surface area contributed by atoms with Gasteiger partial charge in [0.2, 0.25) is 17.7 Å². The number of hydrogen-bond acceptors (Lipinski definition) is 6. The molecule has 2 aromatic heterocycles. The second-order valence-corrected chi connectivity index (χ2v) is 8.15. The summed E-state index contributed by atoms with van der Waals surface area (Å²) in [5.41, 5.74) is -0.314. The summed E-state index contributed by atoms with van der Waals surface area (Å²) in [4.78, 5) is 15.7. The van der Waals surface area contributed by atoms with Gasteiger partial charge in [0.1, 0.15) is 0 Å². The van der Waals surface area contributed by atoms with Crippen LogP contribution >= 0.6 is 11.3 Å². The van der Waals surface area contributed by atoms with Crippen LogP contribution < -0.4 is 0 Å². The highest BCUT2D eigenvalue weighted by Gasteiger charge is 2.56. The molecule has 2 aromatic rings. The van der Waals surface area contributed by atoms with Crippen molar-refractivity contribution in [3.8, 4) is 0 Å². The minimum Gasteiger partial charge on any atom is -0.424 e. The number of thiophene rings is 1. The Bertz CT molecular complexity index is 755. The molecule has 24 heavy (non-hydrogen) atoms. The van der Waals surface area contributed by atoms with Crippen LogP contribution in [0.1, 0.15) is 35.4 Å². The number of ether oxygens (including phenoxy) is 1. The minimum atomic E-state index is -0.314. The van der Waals surface area contributed by atoms with Gasteiger partial charge in [0.25, 0.3) is 0 Å². The van der Waals surface area contributed by atoms with Crippen LogP contribution in [0.4, 0.5) is 0 Å². The molecule has 7 heteroatoms. The molecule has 3 aliphatic rings. The lowest BCUT2D eigenvalue weighted by Gasteiger charge is -2.22. The van der Waals surface area contributed by atoms with Crippen molar-refractivity contribution in [2.45, 2.75) is 30.6 Å². The van der Waals surface area contributed by atoms with Crippen molar-refractivity contribution < 1.29 is 13.9 Å². The fourth-order valence-electron chi connectivity index (χ4n) is 3.83. The Labute approximate surface area is 143 Å². The maximum absolute atomic E-state index is 12.7. The van der Waals surface area contributed by atoms with E-state index in [9.17, 15) is 4.79 Å². The lowest BCUT2D eigenvalue weighted by atomic mass is 9.81. The average Bonchev–Trinajstić information content (AvgIpc) is 3.01. The second kappa shape index (κ2) is 5.39. The van der Waals surface area contributed by atoms with Gasteiger partial charge in [-0.15, -0.1) is 21.5 Å². The summed E-state index contributed by atoms with van der Waals surface area (Å²) >= 11 is 1.63. The van der Waals surface area contributed by atoms with Crippen LogP contribution in [0.5, 0.6) is 0 Å². The molecule has 6 nitrogen and oxygen atoms in total. The quantitative estimate of drug-likeness (QED) is 0.847. The van der Waals surface area contributed by atoms with Crippen molar-refractivity contribution in [3.63, 3.8) is 0 Å². The van der Waals surface area contributed by atoms with Crippen molar-refractivity contribution in [2.75, 3.05) is 26.3 Å². The van der Waals surface area contributed by atoms with Crippen molar-refractivity contribution in [2.24, 2.45) is 5.92 Å². The van der Waals surface area contributed by atoms with E-state index < -0.39 is 0 Å².